The lowest BCUT2D eigenvalue weighted by Crippen LogP contribution is -2.39. The van der Waals surface area contributed by atoms with Gasteiger partial charge in [-0.1, -0.05) is 30.3 Å². The van der Waals surface area contributed by atoms with Crippen LogP contribution in [0.3, 0.4) is 0 Å². The SMILES string of the molecule is CN(C)C(=O)c1ccccc1NC(=O)C(=O)N[C@@H]1CCOc2ccccc21. The third-order valence-electron chi connectivity index (χ3n) is 4.28. The smallest absolute Gasteiger partial charge is 0.313 e. The minimum absolute atomic E-state index is 0.260. The zero-order valence-corrected chi connectivity index (χ0v) is 15.2. The number of nitrogens with zero attached hydrogens (tertiary/aromatic N) is 1. The Balaban J connectivity index is 1.71. The molecule has 0 bridgehead atoms. The number of nitrogens with one attached hydrogen (secondary N) is 2. The second kappa shape index (κ2) is 7.90. The molecule has 0 aromatic heterocycles. The van der Waals surface area contributed by atoms with Crippen LogP contribution in [0.25, 0.3) is 0 Å². The van der Waals surface area contributed by atoms with Gasteiger partial charge in [-0.2, -0.15) is 0 Å². The van der Waals surface area contributed by atoms with Gasteiger partial charge in [0.1, 0.15) is 5.75 Å². The van der Waals surface area contributed by atoms with Crippen LogP contribution in [0, 0.1) is 0 Å². The summed E-state index contributed by atoms with van der Waals surface area (Å²) >= 11 is 0. The fourth-order valence-electron chi connectivity index (χ4n) is 2.91. The lowest BCUT2D eigenvalue weighted by atomic mass is 10.0. The number of ether oxygens (including phenoxy) is 1. The molecule has 7 nitrogen and oxygen atoms in total. The molecular formula is C20H21N3O4. The van der Waals surface area contributed by atoms with Crippen molar-refractivity contribution in [3.63, 3.8) is 0 Å². The molecule has 1 aliphatic heterocycles. The van der Waals surface area contributed by atoms with E-state index in [0.717, 1.165) is 5.56 Å². The summed E-state index contributed by atoms with van der Waals surface area (Å²) in [7, 11) is 3.24. The molecule has 2 N–H and O–H groups in total. The quantitative estimate of drug-likeness (QED) is 0.812. The van der Waals surface area contributed by atoms with Crippen LogP contribution in [0.2, 0.25) is 0 Å². The number of anilines is 1. The Hall–Kier alpha value is -3.35. The van der Waals surface area contributed by atoms with E-state index in [1.807, 2.05) is 24.3 Å². The molecule has 1 atom stereocenters. The van der Waals surface area contributed by atoms with Gasteiger partial charge in [0.25, 0.3) is 5.91 Å². The van der Waals surface area contributed by atoms with Crippen molar-refractivity contribution in [2.75, 3.05) is 26.0 Å². The van der Waals surface area contributed by atoms with Crippen molar-refractivity contribution in [3.8, 4) is 5.75 Å². The molecule has 0 saturated carbocycles. The van der Waals surface area contributed by atoms with Crippen LogP contribution < -0.4 is 15.4 Å². The Bertz CT molecular complexity index is 879. The number of benzene rings is 2. The first-order valence-corrected chi connectivity index (χ1v) is 8.61. The highest BCUT2D eigenvalue weighted by Gasteiger charge is 2.26. The van der Waals surface area contributed by atoms with Gasteiger partial charge in [-0.05, 0) is 18.2 Å². The molecule has 0 radical (unpaired) electrons. The van der Waals surface area contributed by atoms with Crippen molar-refractivity contribution in [2.24, 2.45) is 0 Å². The fourth-order valence-corrected chi connectivity index (χ4v) is 2.91. The number of para-hydroxylation sites is 2. The first kappa shape index (κ1) is 18.4. The molecule has 27 heavy (non-hydrogen) atoms. The topological polar surface area (TPSA) is 87.7 Å². The minimum atomic E-state index is -0.821. The van der Waals surface area contributed by atoms with Gasteiger partial charge in [0.05, 0.1) is 23.9 Å². The van der Waals surface area contributed by atoms with Gasteiger partial charge in [-0.25, -0.2) is 0 Å². The molecule has 0 aliphatic carbocycles. The maximum absolute atomic E-state index is 12.4. The van der Waals surface area contributed by atoms with Crippen molar-refractivity contribution in [1.82, 2.24) is 10.2 Å². The highest BCUT2D eigenvalue weighted by Crippen LogP contribution is 2.31. The predicted octanol–water partition coefficient (Wildman–Crippen LogP) is 1.97. The van der Waals surface area contributed by atoms with Crippen LogP contribution in [-0.4, -0.2) is 43.3 Å². The normalized spacial score (nSPS) is 15.1. The predicted molar refractivity (Wildman–Crippen MR) is 101 cm³/mol. The van der Waals surface area contributed by atoms with Crippen LogP contribution >= 0.6 is 0 Å². The van der Waals surface area contributed by atoms with Gasteiger partial charge in [-0.15, -0.1) is 0 Å². The average molecular weight is 367 g/mol. The number of carbonyl (C=O) groups is 3. The van der Waals surface area contributed by atoms with Crippen molar-refractivity contribution >= 4 is 23.4 Å². The van der Waals surface area contributed by atoms with Crippen molar-refractivity contribution in [3.05, 3.63) is 59.7 Å². The van der Waals surface area contributed by atoms with E-state index in [1.54, 1.807) is 38.4 Å². The number of hydrogen-bond acceptors (Lipinski definition) is 4. The van der Waals surface area contributed by atoms with Gasteiger partial charge in [0, 0.05) is 26.1 Å². The lowest BCUT2D eigenvalue weighted by molar-refractivity contribution is -0.136. The molecule has 7 heteroatoms. The third kappa shape index (κ3) is 4.08. The van der Waals surface area contributed by atoms with E-state index in [1.165, 1.54) is 4.90 Å². The summed E-state index contributed by atoms with van der Waals surface area (Å²) in [6.45, 7) is 0.462. The van der Waals surface area contributed by atoms with E-state index in [2.05, 4.69) is 10.6 Å². The molecule has 1 aliphatic rings. The second-order valence-electron chi connectivity index (χ2n) is 6.40. The Kier molecular flexibility index (Phi) is 5.40. The zero-order valence-electron chi connectivity index (χ0n) is 15.2. The maximum atomic E-state index is 12.4. The number of hydrogen-bond donors (Lipinski definition) is 2. The van der Waals surface area contributed by atoms with Gasteiger partial charge >= 0.3 is 11.8 Å². The van der Waals surface area contributed by atoms with Gasteiger partial charge < -0.3 is 20.3 Å². The number of rotatable bonds is 3. The summed E-state index contributed by atoms with van der Waals surface area (Å²) in [5.41, 5.74) is 1.46. The van der Waals surface area contributed by atoms with Crippen molar-refractivity contribution in [2.45, 2.75) is 12.5 Å². The lowest BCUT2D eigenvalue weighted by Gasteiger charge is -2.26. The first-order valence-electron chi connectivity index (χ1n) is 8.61. The van der Waals surface area contributed by atoms with Crippen LogP contribution in [0.15, 0.2) is 48.5 Å². The second-order valence-corrected chi connectivity index (χ2v) is 6.40. The Labute approximate surface area is 157 Å². The number of carbonyl (C=O) groups excluding carboxylic acids is 3. The van der Waals surface area contributed by atoms with E-state index in [4.69, 9.17) is 4.74 Å². The molecule has 3 rings (SSSR count). The number of amides is 3. The molecule has 140 valence electrons. The highest BCUT2D eigenvalue weighted by atomic mass is 16.5. The Morgan fingerprint density at radius 1 is 1.00 bits per heavy atom. The Morgan fingerprint density at radius 2 is 1.70 bits per heavy atom. The Morgan fingerprint density at radius 3 is 2.48 bits per heavy atom. The fraction of sp³-hybridized carbons (Fsp3) is 0.250. The summed E-state index contributed by atoms with van der Waals surface area (Å²) in [6.07, 6.45) is 0.575. The summed E-state index contributed by atoms with van der Waals surface area (Å²) in [6, 6.07) is 13.7. The van der Waals surface area contributed by atoms with Crippen LogP contribution in [0.1, 0.15) is 28.4 Å². The minimum Gasteiger partial charge on any atom is -0.493 e. The zero-order chi connectivity index (χ0) is 19.4. The molecule has 0 saturated heterocycles. The third-order valence-corrected chi connectivity index (χ3v) is 4.28. The van der Waals surface area contributed by atoms with E-state index in [9.17, 15) is 14.4 Å². The van der Waals surface area contributed by atoms with E-state index < -0.39 is 11.8 Å². The summed E-state index contributed by atoms with van der Waals surface area (Å²) in [4.78, 5) is 38.4. The average Bonchev–Trinajstić information content (AvgIpc) is 2.68. The monoisotopic (exact) mass is 367 g/mol. The van der Waals surface area contributed by atoms with Crippen molar-refractivity contribution < 1.29 is 19.1 Å². The first-order chi connectivity index (χ1) is 13.0. The molecule has 0 fully saturated rings. The molecular weight excluding hydrogens is 346 g/mol. The maximum Gasteiger partial charge on any atom is 0.313 e. The van der Waals surface area contributed by atoms with Crippen LogP contribution in [0.4, 0.5) is 5.69 Å². The van der Waals surface area contributed by atoms with Crippen molar-refractivity contribution in [1.29, 1.82) is 0 Å². The van der Waals surface area contributed by atoms with Crippen LogP contribution in [0.5, 0.6) is 5.75 Å². The molecule has 0 spiro atoms. The molecule has 2 aromatic carbocycles. The van der Waals surface area contributed by atoms with Gasteiger partial charge in [0.15, 0.2) is 0 Å². The largest absolute Gasteiger partial charge is 0.493 e. The highest BCUT2D eigenvalue weighted by molar-refractivity contribution is 6.40. The van der Waals surface area contributed by atoms with E-state index >= 15 is 0 Å². The van der Waals surface area contributed by atoms with Gasteiger partial charge in [0.2, 0.25) is 0 Å². The number of fused-ring (bicyclic) bond motifs is 1. The molecule has 0 unspecified atom stereocenters. The van der Waals surface area contributed by atoms with E-state index in [0.29, 0.717) is 30.0 Å². The van der Waals surface area contributed by atoms with E-state index in [-0.39, 0.29) is 11.9 Å². The van der Waals surface area contributed by atoms with Crippen LogP contribution in [-0.2, 0) is 9.59 Å². The summed E-state index contributed by atoms with van der Waals surface area (Å²) in [5.74, 6) is -1.14. The summed E-state index contributed by atoms with van der Waals surface area (Å²) in [5, 5.41) is 5.27. The molecule has 2 aromatic rings. The molecule has 3 amide bonds. The molecule has 1 heterocycles. The summed E-state index contributed by atoms with van der Waals surface area (Å²) < 4.78 is 5.56. The standard InChI is InChI=1S/C20H21N3O4/c1-23(2)20(26)14-8-3-5-9-15(14)21-18(24)19(25)22-16-11-12-27-17-10-6-4-7-13(16)17/h3-10,16H,11-12H2,1-2H3,(H,21,24)(H,22,25)/t16-/m1/s1. The van der Waals surface area contributed by atoms with Gasteiger partial charge in [-0.3, -0.25) is 14.4 Å².